The molecular formula is C17H25N3O2S. The van der Waals surface area contributed by atoms with Crippen molar-refractivity contribution in [1.82, 2.24) is 10.2 Å². The smallest absolute Gasteiger partial charge is 0.206 e. The molecule has 0 aliphatic heterocycles. The molecular weight excluding hydrogens is 310 g/mol. The maximum absolute atomic E-state index is 5.80. The number of nitrogens with zero attached hydrogens (tertiary/aromatic N) is 2. The molecule has 1 heterocycles. The van der Waals surface area contributed by atoms with Gasteiger partial charge in [0, 0.05) is 19.2 Å². The first-order valence-corrected chi connectivity index (χ1v) is 8.78. The first-order valence-electron chi connectivity index (χ1n) is 7.96. The first-order chi connectivity index (χ1) is 11.2. The molecule has 0 unspecified atom stereocenters. The van der Waals surface area contributed by atoms with Gasteiger partial charge in [0.25, 0.3) is 0 Å². The summed E-state index contributed by atoms with van der Waals surface area (Å²) < 4.78 is 10.8. The Balaban J connectivity index is 2.11. The Labute approximate surface area is 142 Å². The zero-order valence-corrected chi connectivity index (χ0v) is 15.1. The van der Waals surface area contributed by atoms with Crippen LogP contribution in [0.3, 0.4) is 0 Å². The molecule has 1 N–H and O–H groups in total. The van der Waals surface area contributed by atoms with E-state index in [4.69, 9.17) is 9.47 Å². The van der Waals surface area contributed by atoms with Crippen molar-refractivity contribution in [1.29, 1.82) is 0 Å². The molecule has 0 fully saturated rings. The van der Waals surface area contributed by atoms with Gasteiger partial charge in [-0.3, -0.25) is 0 Å². The summed E-state index contributed by atoms with van der Waals surface area (Å²) >= 11 is 1.59. The molecule has 5 nitrogen and oxygen atoms in total. The van der Waals surface area contributed by atoms with Crippen LogP contribution in [-0.2, 0) is 4.74 Å². The zero-order chi connectivity index (χ0) is 16.7. The Bertz CT molecular complexity index is 605. The molecule has 2 rings (SSSR count). The van der Waals surface area contributed by atoms with Crippen LogP contribution >= 0.6 is 11.3 Å². The summed E-state index contributed by atoms with van der Waals surface area (Å²) in [6.07, 6.45) is 2.31. The number of aromatic nitrogens is 2. The van der Waals surface area contributed by atoms with Crippen molar-refractivity contribution >= 4 is 16.5 Å². The van der Waals surface area contributed by atoms with Gasteiger partial charge in [-0.2, -0.15) is 0 Å². The monoisotopic (exact) mass is 335 g/mol. The molecule has 0 saturated carbocycles. The number of nitrogens with one attached hydrogen (secondary N) is 1. The molecule has 126 valence electrons. The van der Waals surface area contributed by atoms with E-state index >= 15 is 0 Å². The average molecular weight is 335 g/mol. The quantitative estimate of drug-likeness (QED) is 0.700. The van der Waals surface area contributed by atoms with Crippen molar-refractivity contribution in [2.45, 2.75) is 33.6 Å². The Kier molecular flexibility index (Phi) is 6.80. The second-order valence-electron chi connectivity index (χ2n) is 5.47. The predicted octanol–water partition coefficient (Wildman–Crippen LogP) is 4.06. The van der Waals surface area contributed by atoms with E-state index in [9.17, 15) is 0 Å². The van der Waals surface area contributed by atoms with Crippen molar-refractivity contribution in [3.05, 3.63) is 23.3 Å². The van der Waals surface area contributed by atoms with Crippen LogP contribution < -0.4 is 10.1 Å². The predicted molar refractivity (Wildman–Crippen MR) is 95.6 cm³/mol. The van der Waals surface area contributed by atoms with Gasteiger partial charge in [-0.1, -0.05) is 24.7 Å². The molecule has 0 saturated heterocycles. The highest BCUT2D eigenvalue weighted by atomic mass is 32.1. The van der Waals surface area contributed by atoms with Gasteiger partial charge in [0.2, 0.25) is 5.13 Å². The van der Waals surface area contributed by atoms with Crippen molar-refractivity contribution in [2.75, 3.05) is 32.2 Å². The maximum Gasteiger partial charge on any atom is 0.206 e. The van der Waals surface area contributed by atoms with Crippen LogP contribution in [0.1, 0.15) is 30.9 Å². The standard InChI is InChI=1S/C17H25N3O2S/c1-5-6-7-18-17-20-19-16(23-17)14-10-12(2)15(13(3)11-14)22-9-8-21-4/h10-11H,5-9H2,1-4H3,(H,18,20). The number of rotatable bonds is 9. The minimum absolute atomic E-state index is 0.557. The summed E-state index contributed by atoms with van der Waals surface area (Å²) in [5, 5.41) is 13.6. The highest BCUT2D eigenvalue weighted by Gasteiger charge is 2.11. The Hall–Kier alpha value is -1.66. The lowest BCUT2D eigenvalue weighted by molar-refractivity contribution is 0.145. The van der Waals surface area contributed by atoms with Crippen molar-refractivity contribution in [3.8, 4) is 16.3 Å². The van der Waals surface area contributed by atoms with Gasteiger partial charge < -0.3 is 14.8 Å². The maximum atomic E-state index is 5.80. The van der Waals surface area contributed by atoms with E-state index in [1.165, 1.54) is 6.42 Å². The number of methoxy groups -OCH3 is 1. The number of ether oxygens (including phenoxy) is 2. The van der Waals surface area contributed by atoms with Gasteiger partial charge in [0.05, 0.1) is 6.61 Å². The molecule has 0 radical (unpaired) electrons. The average Bonchev–Trinajstić information content (AvgIpc) is 2.99. The number of hydrogen-bond acceptors (Lipinski definition) is 6. The lowest BCUT2D eigenvalue weighted by Crippen LogP contribution is -2.06. The third-order valence-electron chi connectivity index (χ3n) is 3.47. The van der Waals surface area contributed by atoms with Crippen LogP contribution in [-0.4, -0.2) is 37.1 Å². The third-order valence-corrected chi connectivity index (χ3v) is 4.40. The van der Waals surface area contributed by atoms with Gasteiger partial charge in [-0.15, -0.1) is 10.2 Å². The van der Waals surface area contributed by atoms with E-state index in [1.54, 1.807) is 18.4 Å². The van der Waals surface area contributed by atoms with Crippen molar-refractivity contribution < 1.29 is 9.47 Å². The van der Waals surface area contributed by atoms with E-state index in [0.29, 0.717) is 13.2 Å². The fourth-order valence-corrected chi connectivity index (χ4v) is 3.07. The molecule has 0 spiro atoms. The van der Waals surface area contributed by atoms with Crippen LogP contribution in [0.4, 0.5) is 5.13 Å². The van der Waals surface area contributed by atoms with E-state index in [-0.39, 0.29) is 0 Å². The van der Waals surface area contributed by atoms with Crippen LogP contribution in [0.15, 0.2) is 12.1 Å². The Morgan fingerprint density at radius 3 is 2.52 bits per heavy atom. The second-order valence-corrected chi connectivity index (χ2v) is 6.45. The largest absolute Gasteiger partial charge is 0.491 e. The molecule has 6 heteroatoms. The van der Waals surface area contributed by atoms with E-state index in [1.807, 2.05) is 0 Å². The lowest BCUT2D eigenvalue weighted by atomic mass is 10.1. The zero-order valence-electron chi connectivity index (χ0n) is 14.3. The first kappa shape index (κ1) is 17.7. The molecule has 1 aromatic carbocycles. The lowest BCUT2D eigenvalue weighted by Gasteiger charge is -2.13. The summed E-state index contributed by atoms with van der Waals surface area (Å²) in [4.78, 5) is 0. The van der Waals surface area contributed by atoms with Gasteiger partial charge in [0.15, 0.2) is 0 Å². The van der Waals surface area contributed by atoms with Crippen LogP contribution in [0.2, 0.25) is 0 Å². The Morgan fingerprint density at radius 1 is 1.13 bits per heavy atom. The summed E-state index contributed by atoms with van der Waals surface area (Å²) in [5.41, 5.74) is 3.29. The minimum Gasteiger partial charge on any atom is -0.491 e. The van der Waals surface area contributed by atoms with Gasteiger partial charge >= 0.3 is 0 Å². The normalized spacial score (nSPS) is 10.8. The molecule has 0 bridgehead atoms. The second kappa shape index (κ2) is 8.84. The van der Waals surface area contributed by atoms with Crippen LogP contribution in [0, 0.1) is 13.8 Å². The number of hydrogen-bond donors (Lipinski definition) is 1. The summed E-state index contributed by atoms with van der Waals surface area (Å²) in [6.45, 7) is 8.37. The number of aryl methyl sites for hydroxylation is 2. The minimum atomic E-state index is 0.557. The fraction of sp³-hybridized carbons (Fsp3) is 0.529. The topological polar surface area (TPSA) is 56.3 Å². The van der Waals surface area contributed by atoms with Crippen molar-refractivity contribution in [3.63, 3.8) is 0 Å². The van der Waals surface area contributed by atoms with Crippen LogP contribution in [0.25, 0.3) is 10.6 Å². The highest BCUT2D eigenvalue weighted by molar-refractivity contribution is 7.18. The molecule has 0 aliphatic carbocycles. The van der Waals surface area contributed by atoms with E-state index < -0.39 is 0 Å². The van der Waals surface area contributed by atoms with E-state index in [2.05, 4.69) is 48.4 Å². The highest BCUT2D eigenvalue weighted by Crippen LogP contribution is 2.32. The third kappa shape index (κ3) is 4.91. The number of benzene rings is 1. The number of anilines is 1. The molecule has 2 aromatic rings. The number of unbranched alkanes of at least 4 members (excludes halogenated alkanes) is 1. The molecule has 0 atom stereocenters. The summed E-state index contributed by atoms with van der Waals surface area (Å²) in [6, 6.07) is 4.21. The van der Waals surface area contributed by atoms with Crippen LogP contribution in [0.5, 0.6) is 5.75 Å². The van der Waals surface area contributed by atoms with Gasteiger partial charge in [-0.05, 0) is 43.5 Å². The van der Waals surface area contributed by atoms with Gasteiger partial charge in [0.1, 0.15) is 17.4 Å². The fourth-order valence-electron chi connectivity index (χ4n) is 2.31. The SMILES string of the molecule is CCCCNc1nnc(-c2cc(C)c(OCCOC)c(C)c2)s1. The van der Waals surface area contributed by atoms with Gasteiger partial charge in [-0.25, -0.2) is 0 Å². The van der Waals surface area contributed by atoms with E-state index in [0.717, 1.165) is 45.5 Å². The summed E-state index contributed by atoms with van der Waals surface area (Å²) in [7, 11) is 1.67. The van der Waals surface area contributed by atoms with Crippen molar-refractivity contribution in [2.24, 2.45) is 0 Å². The molecule has 23 heavy (non-hydrogen) atoms. The molecule has 0 aliphatic rings. The molecule has 1 aromatic heterocycles. The Morgan fingerprint density at radius 2 is 1.87 bits per heavy atom. The summed E-state index contributed by atoms with van der Waals surface area (Å²) in [5.74, 6) is 0.927. The molecule has 0 amide bonds.